The Morgan fingerprint density at radius 2 is 1.57 bits per heavy atom. The molecule has 0 aliphatic heterocycles. The molecule has 30 heavy (non-hydrogen) atoms. The van der Waals surface area contributed by atoms with Crippen LogP contribution in [0.4, 0.5) is 22.0 Å². The molecule has 0 radical (unpaired) electrons. The van der Waals surface area contributed by atoms with Crippen LogP contribution in [0.2, 0.25) is 0 Å². The number of esters is 2. The van der Waals surface area contributed by atoms with Gasteiger partial charge < -0.3 is 19.3 Å². The molecule has 170 valence electrons. The fourth-order valence-electron chi connectivity index (χ4n) is 5.43. The maximum atomic E-state index is 13.0. The molecule has 0 heterocycles. The molecule has 4 saturated carbocycles. The van der Waals surface area contributed by atoms with E-state index in [1.165, 1.54) is 0 Å². The minimum atomic E-state index is -4.66. The number of hydrogen-bond acceptors (Lipinski definition) is 6. The molecular weight excluding hydrogens is 423 g/mol. The second kappa shape index (κ2) is 7.61. The van der Waals surface area contributed by atoms with Crippen molar-refractivity contribution < 1.29 is 55.7 Å². The molecule has 4 fully saturated rings. The van der Waals surface area contributed by atoms with E-state index in [1.807, 2.05) is 0 Å². The van der Waals surface area contributed by atoms with Gasteiger partial charge in [0, 0.05) is 6.42 Å². The number of carboxylic acids is 1. The van der Waals surface area contributed by atoms with Crippen molar-refractivity contribution >= 4 is 17.9 Å². The highest BCUT2D eigenvalue weighted by Crippen LogP contribution is 2.63. The van der Waals surface area contributed by atoms with Gasteiger partial charge in [0.15, 0.2) is 6.61 Å². The largest absolute Gasteiger partial charge is 0.477 e. The standard InChI is InChI=1S/C18H21F5O7/c19-17(20,13(25)26)8-28-6-12(24)30-16-4-10-1-11(5-16)3-15(2-10,7-16)14(27)29-9-18(21,22)23/h10-11H,1-9H2,(H,25,26). The van der Waals surface area contributed by atoms with Gasteiger partial charge in [0.1, 0.15) is 18.8 Å². The van der Waals surface area contributed by atoms with Crippen LogP contribution in [0.25, 0.3) is 0 Å². The number of carbonyl (C=O) groups is 3. The predicted octanol–water partition coefficient (Wildman–Crippen LogP) is 2.71. The van der Waals surface area contributed by atoms with Gasteiger partial charge in [-0.3, -0.25) is 4.79 Å². The lowest BCUT2D eigenvalue weighted by Gasteiger charge is -2.59. The molecule has 1 N–H and O–H groups in total. The molecule has 0 spiro atoms. The first-order valence-electron chi connectivity index (χ1n) is 9.39. The summed E-state index contributed by atoms with van der Waals surface area (Å²) in [6.45, 7) is -4.11. The third kappa shape index (κ3) is 4.84. The quantitative estimate of drug-likeness (QED) is 0.454. The van der Waals surface area contributed by atoms with E-state index >= 15 is 0 Å². The number of alkyl halides is 5. The Balaban J connectivity index is 1.62. The van der Waals surface area contributed by atoms with Crippen molar-refractivity contribution in [3.05, 3.63) is 0 Å². The molecule has 12 heteroatoms. The number of aliphatic carboxylic acids is 1. The van der Waals surface area contributed by atoms with Gasteiger partial charge in [-0.15, -0.1) is 0 Å². The number of halogens is 5. The number of ether oxygens (including phenoxy) is 3. The molecule has 4 aliphatic carbocycles. The van der Waals surface area contributed by atoms with Crippen molar-refractivity contribution in [2.45, 2.75) is 56.2 Å². The fraction of sp³-hybridized carbons (Fsp3) is 0.833. The molecule has 0 aromatic heterocycles. The summed E-state index contributed by atoms with van der Waals surface area (Å²) in [5, 5.41) is 8.33. The molecule has 4 rings (SSSR count). The summed E-state index contributed by atoms with van der Waals surface area (Å²) in [7, 11) is 0. The lowest BCUT2D eigenvalue weighted by atomic mass is 9.48. The Kier molecular flexibility index (Phi) is 5.76. The third-order valence-electron chi connectivity index (χ3n) is 5.95. The van der Waals surface area contributed by atoms with E-state index in [0.29, 0.717) is 25.7 Å². The first kappa shape index (κ1) is 22.7. The molecule has 0 amide bonds. The van der Waals surface area contributed by atoms with Gasteiger partial charge in [-0.2, -0.15) is 22.0 Å². The second-order valence-corrected chi connectivity index (χ2v) is 8.59. The van der Waals surface area contributed by atoms with Gasteiger partial charge in [0.05, 0.1) is 5.41 Å². The summed E-state index contributed by atoms with van der Waals surface area (Å²) >= 11 is 0. The molecule has 7 nitrogen and oxygen atoms in total. The highest BCUT2D eigenvalue weighted by atomic mass is 19.4. The van der Waals surface area contributed by atoms with Crippen LogP contribution < -0.4 is 0 Å². The van der Waals surface area contributed by atoms with Crippen molar-refractivity contribution in [1.29, 1.82) is 0 Å². The highest BCUT2D eigenvalue weighted by Gasteiger charge is 2.63. The van der Waals surface area contributed by atoms with E-state index in [2.05, 4.69) is 9.47 Å². The van der Waals surface area contributed by atoms with Gasteiger partial charge in [-0.25, -0.2) is 9.59 Å². The molecule has 0 aromatic carbocycles. The summed E-state index contributed by atoms with van der Waals surface area (Å²) < 4.78 is 77.7. The number of carbonyl (C=O) groups excluding carboxylic acids is 2. The molecule has 0 saturated heterocycles. The molecule has 2 atom stereocenters. The lowest BCUT2D eigenvalue weighted by Crippen LogP contribution is -2.60. The van der Waals surface area contributed by atoms with Gasteiger partial charge in [-0.05, 0) is 43.9 Å². The highest BCUT2D eigenvalue weighted by molar-refractivity contribution is 5.78. The van der Waals surface area contributed by atoms with Gasteiger partial charge in [0.2, 0.25) is 0 Å². The normalized spacial score (nSPS) is 32.7. The first-order valence-corrected chi connectivity index (χ1v) is 9.39. The summed E-state index contributed by atoms with van der Waals surface area (Å²) in [5.74, 6) is -8.59. The summed E-state index contributed by atoms with van der Waals surface area (Å²) in [5.41, 5.74) is -2.27. The SMILES string of the molecule is O=C(COCC(F)(F)C(=O)O)OC12CC3CC(C1)CC(C(=O)OCC(F)(F)F)(C3)C2. The van der Waals surface area contributed by atoms with E-state index < -0.39 is 60.8 Å². The zero-order chi connectivity index (χ0) is 22.4. The van der Waals surface area contributed by atoms with Crippen LogP contribution in [0.15, 0.2) is 0 Å². The number of carboxylic acid groups (broad SMARTS) is 1. The topological polar surface area (TPSA) is 99.1 Å². The average Bonchev–Trinajstić information content (AvgIpc) is 2.56. The van der Waals surface area contributed by atoms with Crippen molar-refractivity contribution in [3.63, 3.8) is 0 Å². The Hall–Kier alpha value is -1.98. The minimum absolute atomic E-state index is 0.000710. The predicted molar refractivity (Wildman–Crippen MR) is 86.4 cm³/mol. The third-order valence-corrected chi connectivity index (χ3v) is 5.95. The Morgan fingerprint density at radius 3 is 2.10 bits per heavy atom. The van der Waals surface area contributed by atoms with E-state index in [9.17, 15) is 36.3 Å². The van der Waals surface area contributed by atoms with Crippen LogP contribution >= 0.6 is 0 Å². The second-order valence-electron chi connectivity index (χ2n) is 8.59. The van der Waals surface area contributed by atoms with Crippen molar-refractivity contribution in [2.75, 3.05) is 19.8 Å². The molecule has 2 unspecified atom stereocenters. The van der Waals surface area contributed by atoms with Crippen molar-refractivity contribution in [1.82, 2.24) is 0 Å². The van der Waals surface area contributed by atoms with E-state index in [-0.39, 0.29) is 18.3 Å². The molecular formula is C18H21F5O7. The molecule has 4 bridgehead atoms. The number of rotatable bonds is 8. The minimum Gasteiger partial charge on any atom is -0.477 e. The number of hydrogen-bond donors (Lipinski definition) is 1. The van der Waals surface area contributed by atoms with Crippen molar-refractivity contribution in [3.8, 4) is 0 Å². The first-order chi connectivity index (χ1) is 13.7. The Morgan fingerprint density at radius 1 is 0.967 bits per heavy atom. The summed E-state index contributed by atoms with van der Waals surface area (Å²) in [6, 6.07) is 0. The van der Waals surface area contributed by atoms with Gasteiger partial charge >= 0.3 is 30.0 Å². The van der Waals surface area contributed by atoms with Crippen molar-refractivity contribution in [2.24, 2.45) is 17.3 Å². The maximum absolute atomic E-state index is 13.0. The van der Waals surface area contributed by atoms with E-state index in [4.69, 9.17) is 9.84 Å². The summed E-state index contributed by atoms with van der Waals surface area (Å²) in [6.07, 6.45) is -2.38. The van der Waals surface area contributed by atoms with Crippen LogP contribution in [0.1, 0.15) is 38.5 Å². The van der Waals surface area contributed by atoms with Crippen LogP contribution in [0, 0.1) is 17.3 Å². The Labute approximate surface area is 167 Å². The van der Waals surface area contributed by atoms with Crippen LogP contribution in [-0.2, 0) is 28.6 Å². The molecule has 0 aromatic rings. The smallest absolute Gasteiger partial charge is 0.422 e. The Bertz CT molecular complexity index is 706. The fourth-order valence-corrected chi connectivity index (χ4v) is 5.43. The average molecular weight is 444 g/mol. The van der Waals surface area contributed by atoms with Gasteiger partial charge in [0.25, 0.3) is 0 Å². The zero-order valence-electron chi connectivity index (χ0n) is 15.8. The lowest BCUT2D eigenvalue weighted by molar-refractivity contribution is -0.224. The molecule has 4 aliphatic rings. The van der Waals surface area contributed by atoms with Crippen LogP contribution in [0.3, 0.4) is 0 Å². The van der Waals surface area contributed by atoms with Gasteiger partial charge in [-0.1, -0.05) is 0 Å². The summed E-state index contributed by atoms with van der Waals surface area (Å²) in [4.78, 5) is 35.0. The van der Waals surface area contributed by atoms with Crippen LogP contribution in [0.5, 0.6) is 0 Å². The zero-order valence-corrected chi connectivity index (χ0v) is 15.8. The van der Waals surface area contributed by atoms with Crippen LogP contribution in [-0.4, -0.2) is 60.5 Å². The van der Waals surface area contributed by atoms with E-state index in [1.54, 1.807) is 0 Å². The maximum Gasteiger partial charge on any atom is 0.422 e. The monoisotopic (exact) mass is 444 g/mol. The van der Waals surface area contributed by atoms with E-state index in [0.717, 1.165) is 6.42 Å².